The van der Waals surface area contributed by atoms with Crippen LogP contribution in [0.3, 0.4) is 0 Å². The lowest BCUT2D eigenvalue weighted by Crippen LogP contribution is -2.47. The third-order valence-electron chi connectivity index (χ3n) is 4.03. The monoisotopic (exact) mass is 293 g/mol. The highest BCUT2D eigenvalue weighted by atomic mass is 19.4. The Labute approximate surface area is 120 Å². The Bertz CT molecular complexity index is 656. The van der Waals surface area contributed by atoms with Crippen molar-refractivity contribution in [2.75, 3.05) is 11.9 Å². The van der Waals surface area contributed by atoms with E-state index in [-0.39, 0.29) is 5.56 Å². The molecule has 1 aliphatic heterocycles. The van der Waals surface area contributed by atoms with Crippen LogP contribution in [0.25, 0.3) is 0 Å². The molecule has 110 valence electrons. The SMILES string of the molecule is CN1c2ccccc2[C@](O)(C(F)(F)F)[C@@H]1c1ccccc1. The van der Waals surface area contributed by atoms with E-state index >= 15 is 0 Å². The zero-order valence-electron chi connectivity index (χ0n) is 11.3. The number of rotatable bonds is 1. The molecule has 2 atom stereocenters. The molecule has 1 heterocycles. The zero-order valence-corrected chi connectivity index (χ0v) is 11.3. The first-order chi connectivity index (χ1) is 9.87. The second-order valence-corrected chi connectivity index (χ2v) is 5.21. The molecule has 0 aromatic heterocycles. The van der Waals surface area contributed by atoms with Gasteiger partial charge >= 0.3 is 6.18 Å². The van der Waals surface area contributed by atoms with Crippen molar-refractivity contribution in [3.8, 4) is 0 Å². The number of likely N-dealkylation sites (N-methyl/N-ethyl adjacent to an activating group) is 1. The topological polar surface area (TPSA) is 23.5 Å². The Balaban J connectivity index is 2.25. The van der Waals surface area contributed by atoms with E-state index < -0.39 is 17.8 Å². The Kier molecular flexibility index (Phi) is 2.99. The lowest BCUT2D eigenvalue weighted by atomic mass is 9.85. The minimum absolute atomic E-state index is 0.103. The molecule has 0 amide bonds. The van der Waals surface area contributed by atoms with Crippen LogP contribution < -0.4 is 4.90 Å². The van der Waals surface area contributed by atoms with Gasteiger partial charge in [-0.15, -0.1) is 0 Å². The second kappa shape index (κ2) is 4.49. The molecule has 0 radical (unpaired) electrons. The highest BCUT2D eigenvalue weighted by molar-refractivity contribution is 5.64. The number of halogens is 3. The van der Waals surface area contributed by atoms with Crippen molar-refractivity contribution in [2.45, 2.75) is 17.8 Å². The molecule has 5 heteroatoms. The summed E-state index contributed by atoms with van der Waals surface area (Å²) in [5, 5.41) is 10.6. The maximum absolute atomic E-state index is 13.7. The van der Waals surface area contributed by atoms with E-state index in [0.29, 0.717) is 11.3 Å². The molecule has 0 spiro atoms. The third kappa shape index (κ3) is 1.84. The number of alkyl halides is 3. The maximum atomic E-state index is 13.7. The predicted octanol–water partition coefficient (Wildman–Crippen LogP) is 3.63. The van der Waals surface area contributed by atoms with E-state index in [1.54, 1.807) is 49.5 Å². The van der Waals surface area contributed by atoms with Crippen molar-refractivity contribution in [3.05, 3.63) is 65.7 Å². The van der Waals surface area contributed by atoms with Crippen LogP contribution in [0.1, 0.15) is 17.2 Å². The first kappa shape index (κ1) is 13.9. The minimum Gasteiger partial charge on any atom is -0.374 e. The van der Waals surface area contributed by atoms with Gasteiger partial charge in [0.25, 0.3) is 0 Å². The predicted molar refractivity (Wildman–Crippen MR) is 74.0 cm³/mol. The van der Waals surface area contributed by atoms with Crippen molar-refractivity contribution in [1.82, 2.24) is 0 Å². The van der Waals surface area contributed by atoms with Crippen LogP contribution in [0.2, 0.25) is 0 Å². The van der Waals surface area contributed by atoms with Crippen LogP contribution >= 0.6 is 0 Å². The number of hydrogen-bond acceptors (Lipinski definition) is 2. The van der Waals surface area contributed by atoms with Crippen molar-refractivity contribution >= 4 is 5.69 Å². The Morgan fingerprint density at radius 3 is 2.19 bits per heavy atom. The molecule has 0 saturated carbocycles. The van der Waals surface area contributed by atoms with Gasteiger partial charge in [0.15, 0.2) is 0 Å². The zero-order chi connectivity index (χ0) is 15.3. The summed E-state index contributed by atoms with van der Waals surface area (Å²) in [6, 6.07) is 13.2. The van der Waals surface area contributed by atoms with Gasteiger partial charge in [-0.2, -0.15) is 13.2 Å². The van der Waals surface area contributed by atoms with Gasteiger partial charge in [-0.05, 0) is 11.6 Å². The maximum Gasteiger partial charge on any atom is 0.423 e. The molecule has 0 aliphatic carbocycles. The van der Waals surface area contributed by atoms with Gasteiger partial charge in [-0.1, -0.05) is 48.5 Å². The van der Waals surface area contributed by atoms with Crippen molar-refractivity contribution in [1.29, 1.82) is 0 Å². The van der Waals surface area contributed by atoms with Crippen LogP contribution in [0.5, 0.6) is 0 Å². The molecule has 0 bridgehead atoms. The highest BCUT2D eigenvalue weighted by Gasteiger charge is 2.65. The van der Waals surface area contributed by atoms with E-state index in [0.717, 1.165) is 0 Å². The fourth-order valence-electron chi connectivity index (χ4n) is 3.08. The first-order valence-electron chi connectivity index (χ1n) is 6.53. The molecule has 2 nitrogen and oxygen atoms in total. The van der Waals surface area contributed by atoms with E-state index in [2.05, 4.69) is 0 Å². The average molecular weight is 293 g/mol. The fraction of sp³-hybridized carbons (Fsp3) is 0.250. The normalized spacial score (nSPS) is 25.0. The van der Waals surface area contributed by atoms with Crippen LogP contribution in [0.15, 0.2) is 54.6 Å². The molecule has 1 N–H and O–H groups in total. The molecular weight excluding hydrogens is 279 g/mol. The van der Waals surface area contributed by atoms with Crippen molar-refractivity contribution < 1.29 is 18.3 Å². The summed E-state index contributed by atoms with van der Waals surface area (Å²) < 4.78 is 41.0. The smallest absolute Gasteiger partial charge is 0.374 e. The standard InChI is InChI=1S/C16H14F3NO/c1-20-13-10-6-5-9-12(13)15(21,16(17,18)19)14(20)11-7-3-2-4-8-11/h2-10,14,21H,1H3/t14-,15+/m0/s1. The van der Waals surface area contributed by atoms with Crippen LogP contribution in [0, 0.1) is 0 Å². The number of benzene rings is 2. The minimum atomic E-state index is -4.77. The molecule has 2 aromatic carbocycles. The van der Waals surface area contributed by atoms with Crippen LogP contribution in [-0.2, 0) is 5.60 Å². The van der Waals surface area contributed by atoms with Gasteiger partial charge in [-0.3, -0.25) is 0 Å². The number of para-hydroxylation sites is 1. The molecule has 1 aliphatic rings. The molecular formula is C16H14F3NO. The number of aliphatic hydroxyl groups is 1. The summed E-state index contributed by atoms with van der Waals surface area (Å²) in [7, 11) is 1.57. The highest BCUT2D eigenvalue weighted by Crippen LogP contribution is 2.57. The molecule has 0 saturated heterocycles. The van der Waals surface area contributed by atoms with Crippen molar-refractivity contribution in [3.63, 3.8) is 0 Å². The molecule has 0 fully saturated rings. The fourth-order valence-corrected chi connectivity index (χ4v) is 3.08. The van der Waals surface area contributed by atoms with Gasteiger partial charge in [0.2, 0.25) is 5.60 Å². The molecule has 0 unspecified atom stereocenters. The third-order valence-corrected chi connectivity index (χ3v) is 4.03. The Hall–Kier alpha value is -2.01. The van der Waals surface area contributed by atoms with Gasteiger partial charge in [0, 0.05) is 18.3 Å². The molecule has 21 heavy (non-hydrogen) atoms. The lowest BCUT2D eigenvalue weighted by molar-refractivity contribution is -0.272. The molecule has 2 aromatic rings. The van der Waals surface area contributed by atoms with Gasteiger partial charge in [0.05, 0.1) is 6.04 Å². The van der Waals surface area contributed by atoms with Gasteiger partial charge in [-0.25, -0.2) is 0 Å². The average Bonchev–Trinajstić information content (AvgIpc) is 2.70. The number of fused-ring (bicyclic) bond motifs is 1. The lowest BCUT2D eigenvalue weighted by Gasteiger charge is -2.35. The summed E-state index contributed by atoms with van der Waals surface area (Å²) in [6.45, 7) is 0. The van der Waals surface area contributed by atoms with Gasteiger partial charge < -0.3 is 10.0 Å². The van der Waals surface area contributed by atoms with Gasteiger partial charge in [0.1, 0.15) is 0 Å². The summed E-state index contributed by atoms with van der Waals surface area (Å²) in [6.07, 6.45) is -4.77. The Morgan fingerprint density at radius 1 is 1.00 bits per heavy atom. The Morgan fingerprint density at radius 2 is 1.57 bits per heavy atom. The number of anilines is 1. The summed E-state index contributed by atoms with van der Waals surface area (Å²) in [5.41, 5.74) is -2.20. The van der Waals surface area contributed by atoms with Crippen LogP contribution in [-0.4, -0.2) is 18.3 Å². The van der Waals surface area contributed by atoms with Crippen molar-refractivity contribution in [2.24, 2.45) is 0 Å². The molecule has 3 rings (SSSR count). The van der Waals surface area contributed by atoms with E-state index in [1.165, 1.54) is 17.0 Å². The second-order valence-electron chi connectivity index (χ2n) is 5.21. The van der Waals surface area contributed by atoms with Crippen LogP contribution in [0.4, 0.5) is 18.9 Å². The van der Waals surface area contributed by atoms with E-state index in [9.17, 15) is 18.3 Å². The summed E-state index contributed by atoms with van der Waals surface area (Å²) in [5.74, 6) is 0. The van der Waals surface area contributed by atoms with E-state index in [1.807, 2.05) is 0 Å². The van der Waals surface area contributed by atoms with E-state index in [4.69, 9.17) is 0 Å². The number of nitrogens with zero attached hydrogens (tertiary/aromatic N) is 1. The summed E-state index contributed by atoms with van der Waals surface area (Å²) >= 11 is 0. The first-order valence-corrected chi connectivity index (χ1v) is 6.53. The largest absolute Gasteiger partial charge is 0.423 e. The number of hydrogen-bond donors (Lipinski definition) is 1. The summed E-state index contributed by atoms with van der Waals surface area (Å²) in [4.78, 5) is 1.48. The quantitative estimate of drug-likeness (QED) is 0.868.